The lowest BCUT2D eigenvalue weighted by atomic mass is 10.1. The van der Waals surface area contributed by atoms with E-state index in [1.54, 1.807) is 17.6 Å². The molecule has 2 heterocycles. The number of furan rings is 1. The summed E-state index contributed by atoms with van der Waals surface area (Å²) in [5.74, 6) is 0.919. The smallest absolute Gasteiger partial charge is 0.184 e. The Morgan fingerprint density at radius 3 is 3.00 bits per heavy atom. The van der Waals surface area contributed by atoms with E-state index in [0.29, 0.717) is 6.54 Å². The average molecular weight is 258 g/mol. The van der Waals surface area contributed by atoms with Gasteiger partial charge in [-0.3, -0.25) is 0 Å². The van der Waals surface area contributed by atoms with Crippen LogP contribution >= 0.6 is 11.3 Å². The molecule has 3 nitrogen and oxygen atoms in total. The highest BCUT2D eigenvalue weighted by Gasteiger charge is 2.07. The van der Waals surface area contributed by atoms with Crippen LogP contribution in [0.15, 0.2) is 34.9 Å². The van der Waals surface area contributed by atoms with Crippen molar-refractivity contribution in [2.45, 2.75) is 20.4 Å². The number of nitrogens with one attached hydrogen (secondary N) is 1. The zero-order valence-electron chi connectivity index (χ0n) is 10.4. The molecular formula is C14H14N2OS. The second-order valence-corrected chi connectivity index (χ2v) is 5.41. The van der Waals surface area contributed by atoms with Crippen LogP contribution in [0.2, 0.25) is 0 Å². The molecular weight excluding hydrogens is 244 g/mol. The van der Waals surface area contributed by atoms with Gasteiger partial charge >= 0.3 is 0 Å². The number of hydrogen-bond donors (Lipinski definition) is 1. The lowest BCUT2D eigenvalue weighted by Gasteiger charge is -1.97. The average Bonchev–Trinajstić information content (AvgIpc) is 2.93. The van der Waals surface area contributed by atoms with E-state index >= 15 is 0 Å². The van der Waals surface area contributed by atoms with E-state index in [1.807, 2.05) is 12.1 Å². The molecule has 92 valence electrons. The number of aryl methyl sites for hydroxylation is 2. The van der Waals surface area contributed by atoms with E-state index in [2.05, 4.69) is 36.3 Å². The second kappa shape index (κ2) is 4.46. The Morgan fingerprint density at radius 2 is 2.22 bits per heavy atom. The van der Waals surface area contributed by atoms with Crippen LogP contribution in [0, 0.1) is 13.8 Å². The monoisotopic (exact) mass is 258 g/mol. The Balaban J connectivity index is 1.87. The van der Waals surface area contributed by atoms with Gasteiger partial charge in [0.05, 0.1) is 23.0 Å². The molecule has 0 fully saturated rings. The molecule has 0 atom stereocenters. The summed E-state index contributed by atoms with van der Waals surface area (Å²) in [6, 6.07) is 8.19. The van der Waals surface area contributed by atoms with Gasteiger partial charge in [0, 0.05) is 0 Å². The maximum absolute atomic E-state index is 5.29. The summed E-state index contributed by atoms with van der Waals surface area (Å²) in [4.78, 5) is 4.62. The van der Waals surface area contributed by atoms with Crippen molar-refractivity contribution in [1.82, 2.24) is 4.98 Å². The summed E-state index contributed by atoms with van der Waals surface area (Å²) < 4.78 is 6.52. The highest BCUT2D eigenvalue weighted by atomic mass is 32.1. The lowest BCUT2D eigenvalue weighted by molar-refractivity contribution is 0.518. The second-order valence-electron chi connectivity index (χ2n) is 4.38. The summed E-state index contributed by atoms with van der Waals surface area (Å²) in [5.41, 5.74) is 3.60. The fourth-order valence-corrected chi connectivity index (χ4v) is 3.06. The van der Waals surface area contributed by atoms with Crippen LogP contribution in [0.3, 0.4) is 0 Å². The molecule has 0 aliphatic carbocycles. The van der Waals surface area contributed by atoms with E-state index < -0.39 is 0 Å². The van der Waals surface area contributed by atoms with Crippen molar-refractivity contribution in [3.63, 3.8) is 0 Å². The Kier molecular flexibility index (Phi) is 2.80. The summed E-state index contributed by atoms with van der Waals surface area (Å²) in [7, 11) is 0. The van der Waals surface area contributed by atoms with Crippen LogP contribution in [0.1, 0.15) is 16.9 Å². The zero-order chi connectivity index (χ0) is 12.5. The Hall–Kier alpha value is -1.81. The number of thiazole rings is 1. The molecule has 0 spiro atoms. The molecule has 0 radical (unpaired) electrons. The highest BCUT2D eigenvalue weighted by molar-refractivity contribution is 7.22. The van der Waals surface area contributed by atoms with Crippen molar-refractivity contribution in [2.24, 2.45) is 0 Å². The van der Waals surface area contributed by atoms with E-state index in [1.165, 1.54) is 15.8 Å². The third-order valence-electron chi connectivity index (χ3n) is 2.82. The number of aromatic nitrogens is 1. The van der Waals surface area contributed by atoms with E-state index in [4.69, 9.17) is 4.42 Å². The van der Waals surface area contributed by atoms with E-state index in [0.717, 1.165) is 16.4 Å². The minimum absolute atomic E-state index is 0.671. The first kappa shape index (κ1) is 11.3. The standard InChI is InChI=1S/C14H14N2OS/c1-9-6-10(2)13-12(7-9)18-14(16-13)15-8-11-4-3-5-17-11/h3-7H,8H2,1-2H3,(H,15,16). The third-order valence-corrected chi connectivity index (χ3v) is 3.78. The Bertz CT molecular complexity index is 670. The van der Waals surface area contributed by atoms with Crippen molar-refractivity contribution in [3.8, 4) is 0 Å². The van der Waals surface area contributed by atoms with E-state index in [9.17, 15) is 0 Å². The van der Waals surface area contributed by atoms with E-state index in [-0.39, 0.29) is 0 Å². The number of benzene rings is 1. The first-order valence-corrected chi connectivity index (χ1v) is 6.68. The number of anilines is 1. The summed E-state index contributed by atoms with van der Waals surface area (Å²) >= 11 is 1.68. The highest BCUT2D eigenvalue weighted by Crippen LogP contribution is 2.29. The van der Waals surface area contributed by atoms with Gasteiger partial charge in [-0.1, -0.05) is 17.4 Å². The lowest BCUT2D eigenvalue weighted by Crippen LogP contribution is -1.96. The van der Waals surface area contributed by atoms with Gasteiger partial charge in [-0.15, -0.1) is 0 Å². The molecule has 0 aliphatic heterocycles. The molecule has 18 heavy (non-hydrogen) atoms. The van der Waals surface area contributed by atoms with Crippen LogP contribution in [0.5, 0.6) is 0 Å². The maximum Gasteiger partial charge on any atom is 0.184 e. The van der Waals surface area contributed by atoms with Gasteiger partial charge in [0.2, 0.25) is 0 Å². The molecule has 0 bridgehead atoms. The van der Waals surface area contributed by atoms with Gasteiger partial charge in [0.15, 0.2) is 5.13 Å². The third kappa shape index (κ3) is 2.11. The van der Waals surface area contributed by atoms with Gasteiger partial charge in [-0.2, -0.15) is 0 Å². The maximum atomic E-state index is 5.29. The SMILES string of the molecule is Cc1cc(C)c2nc(NCc3ccco3)sc2c1. The summed E-state index contributed by atoms with van der Waals surface area (Å²) in [6.07, 6.45) is 1.68. The van der Waals surface area contributed by atoms with Crippen molar-refractivity contribution >= 4 is 26.7 Å². The molecule has 0 amide bonds. The van der Waals surface area contributed by atoms with Crippen molar-refractivity contribution in [3.05, 3.63) is 47.4 Å². The molecule has 0 unspecified atom stereocenters. The molecule has 2 aromatic heterocycles. The molecule has 0 aliphatic rings. The number of fused-ring (bicyclic) bond motifs is 1. The fourth-order valence-electron chi connectivity index (χ4n) is 2.02. The molecule has 0 saturated heterocycles. The minimum Gasteiger partial charge on any atom is -0.467 e. The van der Waals surface area contributed by atoms with Gasteiger partial charge in [-0.25, -0.2) is 4.98 Å². The van der Waals surface area contributed by atoms with Crippen molar-refractivity contribution in [2.75, 3.05) is 5.32 Å². The normalized spacial score (nSPS) is 11.0. The molecule has 1 N–H and O–H groups in total. The molecule has 4 heteroatoms. The number of nitrogens with zero attached hydrogens (tertiary/aromatic N) is 1. The first-order chi connectivity index (χ1) is 8.72. The van der Waals surface area contributed by atoms with Gasteiger partial charge < -0.3 is 9.73 Å². The Morgan fingerprint density at radius 1 is 1.33 bits per heavy atom. The van der Waals surface area contributed by atoms with Gasteiger partial charge in [0.25, 0.3) is 0 Å². The largest absolute Gasteiger partial charge is 0.467 e. The predicted octanol–water partition coefficient (Wildman–Crippen LogP) is 4.12. The van der Waals surface area contributed by atoms with Crippen LogP contribution < -0.4 is 5.32 Å². The first-order valence-electron chi connectivity index (χ1n) is 5.86. The number of hydrogen-bond acceptors (Lipinski definition) is 4. The van der Waals surface area contributed by atoms with Gasteiger partial charge in [0.1, 0.15) is 5.76 Å². The minimum atomic E-state index is 0.671. The summed E-state index contributed by atoms with van der Waals surface area (Å²) in [6.45, 7) is 4.89. The van der Waals surface area contributed by atoms with Crippen molar-refractivity contribution in [1.29, 1.82) is 0 Å². The molecule has 3 aromatic rings. The molecule has 3 rings (SSSR count). The van der Waals surface area contributed by atoms with Crippen LogP contribution in [0.25, 0.3) is 10.2 Å². The fraction of sp³-hybridized carbons (Fsp3) is 0.214. The molecule has 0 saturated carbocycles. The van der Waals surface area contributed by atoms with Crippen LogP contribution in [0.4, 0.5) is 5.13 Å². The van der Waals surface area contributed by atoms with Crippen LogP contribution in [-0.4, -0.2) is 4.98 Å². The van der Waals surface area contributed by atoms with Gasteiger partial charge in [-0.05, 0) is 43.2 Å². The van der Waals surface area contributed by atoms with Crippen molar-refractivity contribution < 1.29 is 4.42 Å². The number of rotatable bonds is 3. The topological polar surface area (TPSA) is 38.1 Å². The molecule has 1 aromatic carbocycles. The quantitative estimate of drug-likeness (QED) is 0.768. The predicted molar refractivity (Wildman–Crippen MR) is 75.1 cm³/mol. The Labute approximate surface area is 109 Å². The van der Waals surface area contributed by atoms with Crippen LogP contribution in [-0.2, 0) is 6.54 Å². The summed E-state index contributed by atoms with van der Waals surface area (Å²) in [5, 5.41) is 4.24. The zero-order valence-corrected chi connectivity index (χ0v) is 11.2.